The van der Waals surface area contributed by atoms with Crippen molar-refractivity contribution < 1.29 is 14.7 Å². The quantitative estimate of drug-likeness (QED) is 0.634. The third kappa shape index (κ3) is 3.81. The molecular weight excluding hydrogens is 208 g/mol. The molecule has 0 saturated heterocycles. The largest absolute Gasteiger partial charge is 0.480 e. The summed E-state index contributed by atoms with van der Waals surface area (Å²) >= 11 is 0. The van der Waals surface area contributed by atoms with Gasteiger partial charge in [-0.2, -0.15) is 0 Å². The number of amides is 1. The summed E-state index contributed by atoms with van der Waals surface area (Å²) in [5, 5.41) is 14.5. The first-order valence-electron chi connectivity index (χ1n) is 5.74. The molecule has 5 heteroatoms. The van der Waals surface area contributed by atoms with Gasteiger partial charge in [-0.1, -0.05) is 13.3 Å². The van der Waals surface area contributed by atoms with Crippen LogP contribution in [0.3, 0.4) is 0 Å². The number of aliphatic carboxylic acids is 1. The topological polar surface area (TPSA) is 78.4 Å². The van der Waals surface area contributed by atoms with E-state index in [0.717, 1.165) is 6.42 Å². The Hall–Kier alpha value is -1.10. The lowest BCUT2D eigenvalue weighted by Crippen LogP contribution is -2.49. The predicted molar refractivity (Wildman–Crippen MR) is 60.0 cm³/mol. The van der Waals surface area contributed by atoms with E-state index in [1.807, 2.05) is 0 Å². The summed E-state index contributed by atoms with van der Waals surface area (Å²) in [4.78, 5) is 21.7. The van der Waals surface area contributed by atoms with Crippen LogP contribution in [0.1, 0.15) is 33.1 Å². The van der Waals surface area contributed by atoms with Gasteiger partial charge in [-0.15, -0.1) is 0 Å². The van der Waals surface area contributed by atoms with Gasteiger partial charge >= 0.3 is 5.97 Å². The monoisotopic (exact) mass is 228 g/mol. The highest BCUT2D eigenvalue weighted by Crippen LogP contribution is 2.24. The maximum absolute atomic E-state index is 10.9. The van der Waals surface area contributed by atoms with Crippen LogP contribution in [0, 0.1) is 5.92 Å². The van der Waals surface area contributed by atoms with Crippen LogP contribution >= 0.6 is 0 Å². The zero-order chi connectivity index (χ0) is 12.1. The van der Waals surface area contributed by atoms with Crippen molar-refractivity contribution in [1.29, 1.82) is 0 Å². The number of carbonyl (C=O) groups excluding carboxylic acids is 1. The van der Waals surface area contributed by atoms with Crippen LogP contribution in [0.25, 0.3) is 0 Å². The lowest BCUT2D eigenvalue weighted by molar-refractivity contribution is -0.141. The van der Waals surface area contributed by atoms with E-state index in [2.05, 4.69) is 17.6 Å². The molecule has 1 aliphatic carbocycles. The van der Waals surface area contributed by atoms with Crippen molar-refractivity contribution >= 4 is 11.9 Å². The minimum Gasteiger partial charge on any atom is -0.480 e. The van der Waals surface area contributed by atoms with E-state index in [9.17, 15) is 9.59 Å². The van der Waals surface area contributed by atoms with Gasteiger partial charge in [0.05, 0.1) is 0 Å². The van der Waals surface area contributed by atoms with E-state index >= 15 is 0 Å². The molecule has 0 aliphatic heterocycles. The molecule has 0 bridgehead atoms. The lowest BCUT2D eigenvalue weighted by atomic mass is 10.1. The molecule has 1 amide bonds. The number of carboxylic acid groups (broad SMARTS) is 1. The maximum Gasteiger partial charge on any atom is 0.327 e. The van der Waals surface area contributed by atoms with Gasteiger partial charge in [0.25, 0.3) is 0 Å². The second kappa shape index (κ2) is 5.84. The molecule has 3 N–H and O–H groups in total. The molecule has 0 spiro atoms. The van der Waals surface area contributed by atoms with Gasteiger partial charge in [0.2, 0.25) is 5.91 Å². The van der Waals surface area contributed by atoms with E-state index in [4.69, 9.17) is 5.11 Å². The van der Waals surface area contributed by atoms with Gasteiger partial charge in [0.15, 0.2) is 0 Å². The summed E-state index contributed by atoms with van der Waals surface area (Å²) in [7, 11) is 0. The Morgan fingerprint density at radius 3 is 2.56 bits per heavy atom. The number of rotatable bonds is 5. The zero-order valence-corrected chi connectivity index (χ0v) is 9.82. The molecule has 1 saturated carbocycles. The van der Waals surface area contributed by atoms with E-state index in [0.29, 0.717) is 18.5 Å². The summed E-state index contributed by atoms with van der Waals surface area (Å²) in [6.07, 6.45) is 3.47. The molecule has 5 nitrogen and oxygen atoms in total. The molecule has 0 heterocycles. The summed E-state index contributed by atoms with van der Waals surface area (Å²) in [5.74, 6) is -0.714. The number of hydrogen-bond acceptors (Lipinski definition) is 3. The predicted octanol–water partition coefficient (Wildman–Crippen LogP) is 0.354. The minimum atomic E-state index is -0.992. The van der Waals surface area contributed by atoms with Gasteiger partial charge in [-0.25, -0.2) is 4.79 Å². The van der Waals surface area contributed by atoms with Crippen molar-refractivity contribution in [3.63, 3.8) is 0 Å². The Kier molecular flexibility index (Phi) is 4.73. The smallest absolute Gasteiger partial charge is 0.327 e. The molecule has 1 fully saturated rings. The third-order valence-electron chi connectivity index (χ3n) is 3.12. The zero-order valence-electron chi connectivity index (χ0n) is 9.82. The average molecular weight is 228 g/mol. The number of hydrogen-bond donors (Lipinski definition) is 3. The van der Waals surface area contributed by atoms with Gasteiger partial charge in [0, 0.05) is 19.5 Å². The van der Waals surface area contributed by atoms with Crippen molar-refractivity contribution in [3.8, 4) is 0 Å². The summed E-state index contributed by atoms with van der Waals surface area (Å²) in [5.41, 5.74) is 0. The fourth-order valence-corrected chi connectivity index (χ4v) is 2.16. The number of carboxylic acids is 1. The number of carbonyl (C=O) groups is 2. The minimum absolute atomic E-state index is 0.296. The maximum atomic E-state index is 10.9. The molecule has 0 aromatic rings. The Labute approximate surface area is 95.6 Å². The highest BCUT2D eigenvalue weighted by atomic mass is 16.4. The first kappa shape index (κ1) is 13.0. The molecular formula is C11H20N2O3. The average Bonchev–Trinajstić information content (AvgIpc) is 2.57. The van der Waals surface area contributed by atoms with E-state index in [1.165, 1.54) is 19.8 Å². The molecule has 1 rings (SSSR count). The molecule has 0 aromatic heterocycles. The van der Waals surface area contributed by atoms with Gasteiger partial charge < -0.3 is 15.7 Å². The van der Waals surface area contributed by atoms with Crippen LogP contribution in [0.15, 0.2) is 0 Å². The van der Waals surface area contributed by atoms with E-state index in [-0.39, 0.29) is 5.91 Å². The lowest BCUT2D eigenvalue weighted by Gasteiger charge is -2.20. The Balaban J connectivity index is 2.37. The van der Waals surface area contributed by atoms with Crippen molar-refractivity contribution in [3.05, 3.63) is 0 Å². The third-order valence-corrected chi connectivity index (χ3v) is 3.12. The molecule has 3 unspecified atom stereocenters. The fourth-order valence-electron chi connectivity index (χ4n) is 2.16. The van der Waals surface area contributed by atoms with Crippen LogP contribution in [0.2, 0.25) is 0 Å². The summed E-state index contributed by atoms with van der Waals surface area (Å²) in [6.45, 7) is 3.79. The van der Waals surface area contributed by atoms with Crippen molar-refractivity contribution in [2.45, 2.75) is 45.2 Å². The van der Waals surface area contributed by atoms with E-state index < -0.39 is 12.0 Å². The highest BCUT2D eigenvalue weighted by molar-refractivity contribution is 5.82. The van der Waals surface area contributed by atoms with E-state index in [1.54, 1.807) is 0 Å². The van der Waals surface area contributed by atoms with Crippen LogP contribution in [-0.2, 0) is 9.59 Å². The fraction of sp³-hybridized carbons (Fsp3) is 0.818. The molecule has 92 valence electrons. The normalized spacial score (nSPS) is 26.4. The van der Waals surface area contributed by atoms with Crippen molar-refractivity contribution in [1.82, 2.24) is 10.6 Å². The second-order valence-corrected chi connectivity index (χ2v) is 4.51. The van der Waals surface area contributed by atoms with Crippen LogP contribution in [-0.4, -0.2) is 35.6 Å². The Morgan fingerprint density at radius 2 is 2.12 bits per heavy atom. The van der Waals surface area contributed by atoms with Gasteiger partial charge in [-0.05, 0) is 18.8 Å². The molecule has 1 aliphatic rings. The van der Waals surface area contributed by atoms with Crippen molar-refractivity contribution in [2.24, 2.45) is 5.92 Å². The highest BCUT2D eigenvalue weighted by Gasteiger charge is 2.25. The first-order chi connectivity index (χ1) is 7.50. The summed E-state index contributed by atoms with van der Waals surface area (Å²) in [6, 6.07) is -0.444. The molecule has 16 heavy (non-hydrogen) atoms. The summed E-state index contributed by atoms with van der Waals surface area (Å²) < 4.78 is 0. The Morgan fingerprint density at radius 1 is 1.44 bits per heavy atom. The Bertz CT molecular complexity index is 268. The molecule has 0 radical (unpaired) electrons. The second-order valence-electron chi connectivity index (χ2n) is 4.51. The number of nitrogens with one attached hydrogen (secondary N) is 2. The van der Waals surface area contributed by atoms with Gasteiger partial charge in [0.1, 0.15) is 6.04 Å². The molecule has 0 aromatic carbocycles. The van der Waals surface area contributed by atoms with Gasteiger partial charge in [-0.3, -0.25) is 4.79 Å². The van der Waals surface area contributed by atoms with Crippen LogP contribution in [0.4, 0.5) is 0 Å². The SMILES string of the molecule is CC(=O)NC(CNC1CCCC1C)C(=O)O. The van der Waals surface area contributed by atoms with Crippen LogP contribution in [0.5, 0.6) is 0 Å². The first-order valence-corrected chi connectivity index (χ1v) is 5.74. The van der Waals surface area contributed by atoms with Crippen molar-refractivity contribution in [2.75, 3.05) is 6.54 Å². The van der Waals surface area contributed by atoms with Crippen LogP contribution < -0.4 is 10.6 Å². The molecule has 3 atom stereocenters. The standard InChI is InChI=1S/C11H20N2O3/c1-7-4-3-5-9(7)12-6-10(11(15)16)13-8(2)14/h7,9-10,12H,3-6H2,1-2H3,(H,13,14)(H,15,16).